The molecular formula is C15H18N2O2. The van der Waals surface area contributed by atoms with Gasteiger partial charge in [-0.1, -0.05) is 19.1 Å². The van der Waals surface area contributed by atoms with Gasteiger partial charge in [0, 0.05) is 19.5 Å². The van der Waals surface area contributed by atoms with Crippen molar-refractivity contribution in [2.75, 3.05) is 18.4 Å². The van der Waals surface area contributed by atoms with Gasteiger partial charge in [0.15, 0.2) is 0 Å². The topological polar surface area (TPSA) is 49.4 Å². The predicted octanol–water partition coefficient (Wildman–Crippen LogP) is 2.13. The molecule has 100 valence electrons. The quantitative estimate of drug-likeness (QED) is 0.903. The third-order valence-electron chi connectivity index (χ3n) is 4.02. The van der Waals surface area contributed by atoms with E-state index in [4.69, 9.17) is 0 Å². The zero-order valence-electron chi connectivity index (χ0n) is 11.1. The normalized spacial score (nSPS) is 23.9. The van der Waals surface area contributed by atoms with Crippen LogP contribution >= 0.6 is 0 Å². The molecule has 19 heavy (non-hydrogen) atoms. The number of hydrogen-bond acceptors (Lipinski definition) is 2. The zero-order valence-corrected chi connectivity index (χ0v) is 11.1. The maximum Gasteiger partial charge on any atom is 0.255 e. The number of carbonyl (C=O) groups excluding carboxylic acids is 2. The van der Waals surface area contributed by atoms with Crippen molar-refractivity contribution in [1.29, 1.82) is 0 Å². The van der Waals surface area contributed by atoms with Crippen LogP contribution in [-0.4, -0.2) is 29.8 Å². The Morgan fingerprint density at radius 2 is 1.95 bits per heavy atom. The molecule has 2 atom stereocenters. The summed E-state index contributed by atoms with van der Waals surface area (Å²) >= 11 is 0. The van der Waals surface area contributed by atoms with E-state index in [1.54, 1.807) is 19.1 Å². The summed E-state index contributed by atoms with van der Waals surface area (Å²) in [4.78, 5) is 25.9. The Morgan fingerprint density at radius 1 is 1.26 bits per heavy atom. The van der Waals surface area contributed by atoms with Gasteiger partial charge in [0.25, 0.3) is 5.91 Å². The number of nitrogens with one attached hydrogen (secondary N) is 1. The number of rotatable bonds is 3. The van der Waals surface area contributed by atoms with Gasteiger partial charge < -0.3 is 10.2 Å². The Balaban J connectivity index is 1.79. The zero-order chi connectivity index (χ0) is 13.4. The highest BCUT2D eigenvalue weighted by Gasteiger charge is 2.46. The average Bonchev–Trinajstić information content (AvgIpc) is 3.05. The summed E-state index contributed by atoms with van der Waals surface area (Å²) in [6, 6.07) is 7.25. The van der Waals surface area contributed by atoms with E-state index in [9.17, 15) is 9.59 Å². The number of amides is 2. The lowest BCUT2D eigenvalue weighted by molar-refractivity contribution is -0.115. The van der Waals surface area contributed by atoms with Crippen molar-refractivity contribution < 1.29 is 9.59 Å². The molecule has 0 bridgehead atoms. The molecule has 2 aliphatic rings. The van der Waals surface area contributed by atoms with Gasteiger partial charge in [0.05, 0.1) is 11.3 Å². The molecule has 4 nitrogen and oxygen atoms in total. The first-order valence-electron chi connectivity index (χ1n) is 6.87. The standard InChI is InChI=1S/C15H18N2O2/c1-2-14(18)16-13-6-4-3-5-12(13)15(19)17-8-10-7-11(10)9-17/h3-6,10-11H,2,7-9H2,1H3,(H,16,18). The van der Waals surface area contributed by atoms with Crippen molar-refractivity contribution in [1.82, 2.24) is 4.90 Å². The van der Waals surface area contributed by atoms with E-state index >= 15 is 0 Å². The molecule has 1 N–H and O–H groups in total. The number of nitrogens with zero attached hydrogens (tertiary/aromatic N) is 1. The number of anilines is 1. The molecular weight excluding hydrogens is 240 g/mol. The van der Waals surface area contributed by atoms with Gasteiger partial charge >= 0.3 is 0 Å². The van der Waals surface area contributed by atoms with Crippen molar-refractivity contribution in [3.8, 4) is 0 Å². The Morgan fingerprint density at radius 3 is 2.63 bits per heavy atom. The van der Waals surface area contributed by atoms with E-state index in [0.717, 1.165) is 24.9 Å². The maximum absolute atomic E-state index is 12.5. The number of para-hydroxylation sites is 1. The summed E-state index contributed by atoms with van der Waals surface area (Å²) in [6.45, 7) is 3.55. The molecule has 0 spiro atoms. The van der Waals surface area contributed by atoms with Gasteiger partial charge in [-0.15, -0.1) is 0 Å². The van der Waals surface area contributed by atoms with E-state index < -0.39 is 0 Å². The molecule has 2 fully saturated rings. The smallest absolute Gasteiger partial charge is 0.255 e. The average molecular weight is 258 g/mol. The Labute approximate surface area is 112 Å². The maximum atomic E-state index is 12.5. The SMILES string of the molecule is CCC(=O)Nc1ccccc1C(=O)N1CC2CC2C1. The van der Waals surface area contributed by atoms with Crippen molar-refractivity contribution in [2.45, 2.75) is 19.8 Å². The molecule has 2 unspecified atom stereocenters. The molecule has 1 aliphatic carbocycles. The van der Waals surface area contributed by atoms with Gasteiger partial charge in [-0.2, -0.15) is 0 Å². The first-order chi connectivity index (χ1) is 9.19. The summed E-state index contributed by atoms with van der Waals surface area (Å²) in [7, 11) is 0. The minimum atomic E-state index is -0.0653. The van der Waals surface area contributed by atoms with Gasteiger partial charge in [0.1, 0.15) is 0 Å². The molecule has 4 heteroatoms. The van der Waals surface area contributed by atoms with Crippen molar-refractivity contribution in [3.63, 3.8) is 0 Å². The van der Waals surface area contributed by atoms with Gasteiger partial charge in [-0.05, 0) is 30.4 Å². The third-order valence-corrected chi connectivity index (χ3v) is 4.02. The van der Waals surface area contributed by atoms with Crippen molar-refractivity contribution in [2.24, 2.45) is 11.8 Å². The monoisotopic (exact) mass is 258 g/mol. The van der Waals surface area contributed by atoms with Crippen LogP contribution in [0.4, 0.5) is 5.69 Å². The summed E-state index contributed by atoms with van der Waals surface area (Å²) < 4.78 is 0. The number of carbonyl (C=O) groups is 2. The lowest BCUT2D eigenvalue weighted by Crippen LogP contribution is -2.31. The molecule has 3 rings (SSSR count). The number of hydrogen-bond donors (Lipinski definition) is 1. The van der Waals surface area contributed by atoms with E-state index in [0.29, 0.717) is 17.7 Å². The molecule has 2 amide bonds. The van der Waals surface area contributed by atoms with Crippen LogP contribution in [0.5, 0.6) is 0 Å². The highest BCUT2D eigenvalue weighted by atomic mass is 16.2. The largest absolute Gasteiger partial charge is 0.338 e. The van der Waals surface area contributed by atoms with Crippen molar-refractivity contribution >= 4 is 17.5 Å². The minimum absolute atomic E-state index is 0.0409. The molecule has 1 aliphatic heterocycles. The molecule has 0 aromatic heterocycles. The van der Waals surface area contributed by atoms with E-state index in [2.05, 4.69) is 5.32 Å². The fourth-order valence-electron chi connectivity index (χ4n) is 2.75. The fraction of sp³-hybridized carbons (Fsp3) is 0.467. The molecule has 1 heterocycles. The predicted molar refractivity (Wildman–Crippen MR) is 72.9 cm³/mol. The van der Waals surface area contributed by atoms with Gasteiger partial charge in [0.2, 0.25) is 5.91 Å². The second kappa shape index (κ2) is 4.68. The first kappa shape index (κ1) is 12.2. The van der Waals surface area contributed by atoms with Crippen LogP contribution in [-0.2, 0) is 4.79 Å². The molecule has 0 radical (unpaired) electrons. The minimum Gasteiger partial charge on any atom is -0.338 e. The first-order valence-corrected chi connectivity index (χ1v) is 6.87. The van der Waals surface area contributed by atoms with Crippen LogP contribution < -0.4 is 5.32 Å². The highest BCUT2D eigenvalue weighted by molar-refractivity contribution is 6.03. The summed E-state index contributed by atoms with van der Waals surface area (Å²) in [5.41, 5.74) is 1.23. The Kier molecular flexibility index (Phi) is 3.01. The van der Waals surface area contributed by atoms with E-state index in [1.807, 2.05) is 17.0 Å². The van der Waals surface area contributed by atoms with Crippen LogP contribution in [0.3, 0.4) is 0 Å². The number of piperidine rings is 1. The lowest BCUT2D eigenvalue weighted by Gasteiger charge is -2.19. The number of fused-ring (bicyclic) bond motifs is 1. The molecule has 1 aromatic carbocycles. The summed E-state index contributed by atoms with van der Waals surface area (Å²) in [5.74, 6) is 1.42. The van der Waals surface area contributed by atoms with E-state index in [1.165, 1.54) is 6.42 Å². The lowest BCUT2D eigenvalue weighted by atomic mass is 10.1. The fourth-order valence-corrected chi connectivity index (χ4v) is 2.75. The third kappa shape index (κ3) is 2.35. The van der Waals surface area contributed by atoms with Crippen LogP contribution in [0.15, 0.2) is 24.3 Å². The van der Waals surface area contributed by atoms with Gasteiger partial charge in [-0.25, -0.2) is 0 Å². The Hall–Kier alpha value is -1.84. The number of likely N-dealkylation sites (tertiary alicyclic amines) is 1. The van der Waals surface area contributed by atoms with E-state index in [-0.39, 0.29) is 11.8 Å². The molecule has 1 saturated carbocycles. The van der Waals surface area contributed by atoms with Crippen LogP contribution in [0.2, 0.25) is 0 Å². The molecule has 1 aromatic rings. The summed E-state index contributed by atoms with van der Waals surface area (Å²) in [5, 5.41) is 2.80. The number of benzene rings is 1. The summed E-state index contributed by atoms with van der Waals surface area (Å²) in [6.07, 6.45) is 1.69. The highest BCUT2D eigenvalue weighted by Crippen LogP contribution is 2.45. The van der Waals surface area contributed by atoms with Crippen LogP contribution in [0.25, 0.3) is 0 Å². The second-order valence-corrected chi connectivity index (χ2v) is 5.41. The van der Waals surface area contributed by atoms with Crippen LogP contribution in [0, 0.1) is 11.8 Å². The van der Waals surface area contributed by atoms with Crippen molar-refractivity contribution in [3.05, 3.63) is 29.8 Å². The Bertz CT molecular complexity index is 517. The van der Waals surface area contributed by atoms with Crippen LogP contribution in [0.1, 0.15) is 30.1 Å². The van der Waals surface area contributed by atoms with Gasteiger partial charge in [-0.3, -0.25) is 9.59 Å². The molecule has 1 saturated heterocycles. The second-order valence-electron chi connectivity index (χ2n) is 5.41.